The van der Waals surface area contributed by atoms with Crippen molar-refractivity contribution in [1.82, 2.24) is 9.88 Å². The number of carbonyl (C=O) groups excluding carboxylic acids is 1. The molecule has 7 nitrogen and oxygen atoms in total. The lowest BCUT2D eigenvalue weighted by atomic mass is 10.2. The van der Waals surface area contributed by atoms with Gasteiger partial charge in [0.15, 0.2) is 9.84 Å². The van der Waals surface area contributed by atoms with E-state index in [1.54, 1.807) is 0 Å². The summed E-state index contributed by atoms with van der Waals surface area (Å²) in [6.45, 7) is 3.75. The Hall–Kier alpha value is -2.22. The molecule has 1 aliphatic rings. The number of sulfone groups is 1. The molecular weight excluding hydrogens is 308 g/mol. The van der Waals surface area contributed by atoms with Crippen molar-refractivity contribution >= 4 is 21.7 Å². The lowest BCUT2D eigenvalue weighted by Crippen LogP contribution is -2.41. The van der Waals surface area contributed by atoms with Gasteiger partial charge in [0.25, 0.3) is 5.91 Å². The number of amides is 1. The number of hydrogen-bond donors (Lipinski definition) is 1. The molecule has 1 amide bonds. The maximum atomic E-state index is 12.5. The highest BCUT2D eigenvalue weighted by molar-refractivity contribution is 7.91. The van der Waals surface area contributed by atoms with Crippen LogP contribution in [0.4, 0.5) is 0 Å². The van der Waals surface area contributed by atoms with Crippen molar-refractivity contribution < 1.29 is 23.1 Å². The summed E-state index contributed by atoms with van der Waals surface area (Å²) in [6.07, 6.45) is 1.87. The second-order valence-electron chi connectivity index (χ2n) is 5.02. The molecule has 2 rings (SSSR count). The number of hydrogen-bond acceptors (Lipinski definition) is 5. The Balaban J connectivity index is 2.28. The third-order valence-corrected chi connectivity index (χ3v) is 5.17. The molecule has 0 spiro atoms. The summed E-state index contributed by atoms with van der Waals surface area (Å²) in [4.78, 5) is 28.7. The lowest BCUT2D eigenvalue weighted by Gasteiger charge is -2.26. The number of aromatic nitrogens is 1. The first kappa shape index (κ1) is 16.2. The Morgan fingerprint density at radius 2 is 2.09 bits per heavy atom. The van der Waals surface area contributed by atoms with Crippen molar-refractivity contribution in [2.24, 2.45) is 0 Å². The summed E-state index contributed by atoms with van der Waals surface area (Å²) in [5, 5.41) is 8.93. The number of carbonyl (C=O) groups is 2. The van der Waals surface area contributed by atoms with E-state index in [9.17, 15) is 18.0 Å². The average Bonchev–Trinajstić information content (AvgIpc) is 2.84. The van der Waals surface area contributed by atoms with E-state index >= 15 is 0 Å². The van der Waals surface area contributed by atoms with Gasteiger partial charge in [-0.3, -0.25) is 4.79 Å². The molecule has 0 radical (unpaired) electrons. The molecule has 22 heavy (non-hydrogen) atoms. The number of rotatable bonds is 5. The van der Waals surface area contributed by atoms with Gasteiger partial charge >= 0.3 is 5.97 Å². The predicted molar refractivity (Wildman–Crippen MR) is 79.5 cm³/mol. The van der Waals surface area contributed by atoms with Gasteiger partial charge in [0.1, 0.15) is 11.4 Å². The lowest BCUT2D eigenvalue weighted by molar-refractivity contribution is 0.0689. The molecule has 1 saturated heterocycles. The van der Waals surface area contributed by atoms with Gasteiger partial charge in [-0.05, 0) is 18.6 Å². The third kappa shape index (κ3) is 3.51. The van der Waals surface area contributed by atoms with E-state index in [0.29, 0.717) is 6.42 Å². The number of pyridine rings is 1. The Morgan fingerprint density at radius 3 is 2.64 bits per heavy atom. The topological polar surface area (TPSA) is 105 Å². The minimum Gasteiger partial charge on any atom is -0.477 e. The monoisotopic (exact) mass is 324 g/mol. The molecule has 1 aromatic rings. The number of carboxylic acids is 1. The summed E-state index contributed by atoms with van der Waals surface area (Å²) in [7, 11) is -3.14. The molecule has 0 aliphatic carbocycles. The fourth-order valence-corrected chi connectivity index (χ4v) is 4.11. The molecule has 8 heteroatoms. The normalized spacial score (nSPS) is 19.5. The number of carboxylic acid groups (broad SMARTS) is 1. The first-order valence-electron chi connectivity index (χ1n) is 6.66. The Kier molecular flexibility index (Phi) is 4.60. The zero-order valence-electron chi connectivity index (χ0n) is 11.8. The van der Waals surface area contributed by atoms with E-state index in [1.165, 1.54) is 29.2 Å². The van der Waals surface area contributed by atoms with E-state index in [1.807, 2.05) is 0 Å². The van der Waals surface area contributed by atoms with Crippen molar-refractivity contribution in [2.75, 3.05) is 18.1 Å². The van der Waals surface area contributed by atoms with Crippen molar-refractivity contribution in [2.45, 2.75) is 12.5 Å². The van der Waals surface area contributed by atoms with Crippen LogP contribution in [0.25, 0.3) is 0 Å². The highest BCUT2D eigenvalue weighted by Crippen LogP contribution is 2.19. The second kappa shape index (κ2) is 6.27. The molecule has 0 saturated carbocycles. The predicted octanol–water partition coefficient (Wildman–Crippen LogP) is 0.595. The zero-order chi connectivity index (χ0) is 16.3. The van der Waals surface area contributed by atoms with Gasteiger partial charge in [-0.1, -0.05) is 12.1 Å². The van der Waals surface area contributed by atoms with Crippen LogP contribution in [0.5, 0.6) is 0 Å². The molecule has 1 unspecified atom stereocenters. The van der Waals surface area contributed by atoms with Gasteiger partial charge in [0.05, 0.1) is 11.5 Å². The highest BCUT2D eigenvalue weighted by atomic mass is 32.2. The Morgan fingerprint density at radius 1 is 1.41 bits per heavy atom. The molecule has 1 atom stereocenters. The van der Waals surface area contributed by atoms with E-state index in [2.05, 4.69) is 11.6 Å². The van der Waals surface area contributed by atoms with Gasteiger partial charge < -0.3 is 10.0 Å². The van der Waals surface area contributed by atoms with Crippen molar-refractivity contribution in [3.8, 4) is 0 Å². The van der Waals surface area contributed by atoms with Gasteiger partial charge in [-0.15, -0.1) is 6.58 Å². The maximum absolute atomic E-state index is 12.5. The first-order chi connectivity index (χ1) is 10.3. The van der Waals surface area contributed by atoms with Crippen LogP contribution in [0, 0.1) is 0 Å². The number of aromatic carboxylic acids is 1. The average molecular weight is 324 g/mol. The second-order valence-corrected chi connectivity index (χ2v) is 7.24. The van der Waals surface area contributed by atoms with Crippen LogP contribution in [0.15, 0.2) is 30.9 Å². The Bertz CT molecular complexity index is 714. The van der Waals surface area contributed by atoms with Gasteiger partial charge in [-0.2, -0.15) is 0 Å². The maximum Gasteiger partial charge on any atom is 0.354 e. The molecule has 2 heterocycles. The van der Waals surface area contributed by atoms with Crippen LogP contribution in [0.2, 0.25) is 0 Å². The van der Waals surface area contributed by atoms with Crippen LogP contribution >= 0.6 is 0 Å². The van der Waals surface area contributed by atoms with Crippen molar-refractivity contribution in [1.29, 1.82) is 0 Å². The molecule has 118 valence electrons. The third-order valence-electron chi connectivity index (χ3n) is 3.42. The molecule has 1 aromatic heterocycles. The van der Waals surface area contributed by atoms with Crippen LogP contribution < -0.4 is 0 Å². The van der Waals surface area contributed by atoms with E-state index < -0.39 is 27.8 Å². The first-order valence-corrected chi connectivity index (χ1v) is 8.49. The molecule has 1 N–H and O–H groups in total. The van der Waals surface area contributed by atoms with Gasteiger partial charge in [0, 0.05) is 12.6 Å². The molecule has 0 aromatic carbocycles. The van der Waals surface area contributed by atoms with Crippen LogP contribution in [0.1, 0.15) is 27.4 Å². The van der Waals surface area contributed by atoms with Crippen molar-refractivity contribution in [3.05, 3.63) is 42.2 Å². The SMILES string of the molecule is C=CCN(C(=O)c1cccc(C(=O)O)n1)C1CCS(=O)(=O)C1. The largest absolute Gasteiger partial charge is 0.477 e. The fraction of sp³-hybridized carbons (Fsp3) is 0.357. The van der Waals surface area contributed by atoms with Gasteiger partial charge in [0.2, 0.25) is 0 Å². The van der Waals surface area contributed by atoms with Crippen LogP contribution in [-0.2, 0) is 9.84 Å². The summed E-state index contributed by atoms with van der Waals surface area (Å²) in [5.41, 5.74) is -0.255. The zero-order valence-corrected chi connectivity index (χ0v) is 12.6. The minimum atomic E-state index is -3.14. The molecule has 1 aliphatic heterocycles. The fourth-order valence-electron chi connectivity index (χ4n) is 2.38. The smallest absolute Gasteiger partial charge is 0.354 e. The Labute approximate surface area is 128 Å². The van der Waals surface area contributed by atoms with Crippen molar-refractivity contribution in [3.63, 3.8) is 0 Å². The summed E-state index contributed by atoms with van der Waals surface area (Å²) in [6, 6.07) is 3.69. The number of nitrogens with zero attached hydrogens (tertiary/aromatic N) is 2. The van der Waals surface area contributed by atoms with Crippen LogP contribution in [0.3, 0.4) is 0 Å². The van der Waals surface area contributed by atoms with E-state index in [0.717, 1.165) is 0 Å². The van der Waals surface area contributed by atoms with Crippen LogP contribution in [-0.4, -0.2) is 59.4 Å². The summed E-state index contributed by atoms with van der Waals surface area (Å²) < 4.78 is 23.2. The molecule has 1 fully saturated rings. The quantitative estimate of drug-likeness (QED) is 0.795. The highest BCUT2D eigenvalue weighted by Gasteiger charge is 2.34. The minimum absolute atomic E-state index is 0.0222. The molecule has 0 bridgehead atoms. The van der Waals surface area contributed by atoms with E-state index in [4.69, 9.17) is 5.11 Å². The summed E-state index contributed by atoms with van der Waals surface area (Å²) >= 11 is 0. The standard InChI is InChI=1S/C14H16N2O5S/c1-2-7-16(10-6-8-22(20,21)9-10)13(17)11-4-3-5-12(15-11)14(18)19/h2-5,10H,1,6-9H2,(H,18,19). The van der Waals surface area contributed by atoms with Gasteiger partial charge in [-0.25, -0.2) is 18.2 Å². The molecular formula is C14H16N2O5S. The summed E-state index contributed by atoms with van der Waals surface area (Å²) in [5.74, 6) is -1.77. The van der Waals surface area contributed by atoms with E-state index in [-0.39, 0.29) is 29.4 Å².